The van der Waals surface area contributed by atoms with E-state index >= 15 is 0 Å². The lowest BCUT2D eigenvalue weighted by atomic mass is 10.2. The van der Waals surface area contributed by atoms with Gasteiger partial charge in [-0.1, -0.05) is 6.92 Å². The van der Waals surface area contributed by atoms with Crippen molar-refractivity contribution in [2.45, 2.75) is 47.5 Å². The van der Waals surface area contributed by atoms with Gasteiger partial charge in [0.25, 0.3) is 0 Å². The van der Waals surface area contributed by atoms with Gasteiger partial charge in [-0.15, -0.1) is 0 Å². The molecule has 1 N–H and O–H groups in total. The van der Waals surface area contributed by atoms with E-state index in [4.69, 9.17) is 4.98 Å². The van der Waals surface area contributed by atoms with Crippen LogP contribution in [-0.2, 0) is 6.42 Å². The molecule has 2 aromatic rings. The highest BCUT2D eigenvalue weighted by atomic mass is 15.2. The number of hydrogen-bond donors (Lipinski definition) is 1. The van der Waals surface area contributed by atoms with Crippen LogP contribution in [0.1, 0.15) is 43.0 Å². The maximum atomic E-state index is 4.72. The van der Waals surface area contributed by atoms with Crippen LogP contribution in [0.3, 0.4) is 0 Å². The van der Waals surface area contributed by atoms with Crippen molar-refractivity contribution in [3.8, 4) is 5.82 Å². The molecule has 20 heavy (non-hydrogen) atoms. The summed E-state index contributed by atoms with van der Waals surface area (Å²) in [4.78, 5) is 13.7. The summed E-state index contributed by atoms with van der Waals surface area (Å²) in [6.45, 7) is 11.2. The summed E-state index contributed by atoms with van der Waals surface area (Å²) in [5.41, 5.74) is 3.22. The molecular weight excluding hydrogens is 250 g/mol. The van der Waals surface area contributed by atoms with Crippen molar-refractivity contribution in [1.82, 2.24) is 19.5 Å². The molecule has 0 aromatic carbocycles. The molecule has 0 bridgehead atoms. The molecule has 0 aliphatic heterocycles. The number of nitrogens with one attached hydrogen (secondary N) is 1. The van der Waals surface area contributed by atoms with Crippen LogP contribution in [0.4, 0.5) is 5.82 Å². The van der Waals surface area contributed by atoms with Gasteiger partial charge >= 0.3 is 0 Å². The van der Waals surface area contributed by atoms with Crippen LogP contribution in [0.15, 0.2) is 6.33 Å². The second-order valence-electron chi connectivity index (χ2n) is 5.00. The van der Waals surface area contributed by atoms with Gasteiger partial charge < -0.3 is 5.32 Å². The highest BCUT2D eigenvalue weighted by molar-refractivity contribution is 5.52. The minimum absolute atomic E-state index is 0.852. The molecule has 5 nitrogen and oxygen atoms in total. The molecule has 0 amide bonds. The van der Waals surface area contributed by atoms with Crippen molar-refractivity contribution in [2.75, 3.05) is 11.9 Å². The Hall–Kier alpha value is -1.91. The molecule has 0 unspecified atom stereocenters. The Morgan fingerprint density at radius 2 is 1.90 bits per heavy atom. The molecule has 2 aromatic heterocycles. The van der Waals surface area contributed by atoms with Crippen molar-refractivity contribution in [2.24, 2.45) is 0 Å². The second-order valence-corrected chi connectivity index (χ2v) is 5.00. The van der Waals surface area contributed by atoms with Crippen molar-refractivity contribution in [1.29, 1.82) is 0 Å². The standard InChI is InChI=1S/C15H23N5/c1-6-8-13-18-14(16-7-2)10(3)15(19-13)20-9-17-11(4)12(20)5/h9H,6-8H2,1-5H3,(H,16,18,19). The first-order valence-corrected chi connectivity index (χ1v) is 7.20. The Kier molecular flexibility index (Phi) is 4.37. The molecule has 0 saturated carbocycles. The Balaban J connectivity index is 2.58. The molecule has 0 radical (unpaired) electrons. The minimum Gasteiger partial charge on any atom is -0.370 e. The quantitative estimate of drug-likeness (QED) is 0.910. The van der Waals surface area contributed by atoms with Gasteiger partial charge in [0.1, 0.15) is 23.8 Å². The maximum absolute atomic E-state index is 4.72. The maximum Gasteiger partial charge on any atom is 0.146 e. The van der Waals surface area contributed by atoms with Gasteiger partial charge in [0.05, 0.1) is 5.69 Å². The number of nitrogens with zero attached hydrogens (tertiary/aromatic N) is 4. The SMILES string of the molecule is CCCc1nc(NCC)c(C)c(-n2cnc(C)c2C)n1. The van der Waals surface area contributed by atoms with E-state index in [2.05, 4.69) is 43.0 Å². The number of rotatable bonds is 5. The zero-order valence-electron chi connectivity index (χ0n) is 13.0. The number of anilines is 1. The van der Waals surface area contributed by atoms with Crippen LogP contribution in [0, 0.1) is 20.8 Å². The highest BCUT2D eigenvalue weighted by Gasteiger charge is 2.14. The average molecular weight is 273 g/mol. The Labute approximate surface area is 120 Å². The molecule has 0 atom stereocenters. The lowest BCUT2D eigenvalue weighted by Crippen LogP contribution is -2.11. The Morgan fingerprint density at radius 1 is 1.15 bits per heavy atom. The van der Waals surface area contributed by atoms with E-state index in [0.29, 0.717) is 0 Å². The zero-order chi connectivity index (χ0) is 14.7. The van der Waals surface area contributed by atoms with Gasteiger partial charge in [0, 0.05) is 24.2 Å². The molecule has 2 rings (SSSR count). The lowest BCUT2D eigenvalue weighted by molar-refractivity contribution is 0.805. The van der Waals surface area contributed by atoms with E-state index in [1.165, 1.54) is 0 Å². The summed E-state index contributed by atoms with van der Waals surface area (Å²) in [5.74, 6) is 2.74. The monoisotopic (exact) mass is 273 g/mol. The molecule has 108 valence electrons. The molecule has 0 aliphatic carbocycles. The lowest BCUT2D eigenvalue weighted by Gasteiger charge is -2.14. The van der Waals surface area contributed by atoms with Crippen LogP contribution in [-0.4, -0.2) is 26.1 Å². The average Bonchev–Trinajstić information content (AvgIpc) is 2.74. The zero-order valence-corrected chi connectivity index (χ0v) is 13.0. The van der Waals surface area contributed by atoms with Gasteiger partial charge in [-0.3, -0.25) is 4.57 Å². The topological polar surface area (TPSA) is 55.6 Å². The van der Waals surface area contributed by atoms with Crippen LogP contribution < -0.4 is 5.32 Å². The van der Waals surface area contributed by atoms with E-state index in [9.17, 15) is 0 Å². The first kappa shape index (κ1) is 14.5. The van der Waals surface area contributed by atoms with E-state index < -0.39 is 0 Å². The number of imidazole rings is 1. The van der Waals surface area contributed by atoms with Crippen LogP contribution in [0.5, 0.6) is 0 Å². The molecular formula is C15H23N5. The molecule has 0 aliphatic rings. The summed E-state index contributed by atoms with van der Waals surface area (Å²) in [5, 5.41) is 3.33. The fourth-order valence-electron chi connectivity index (χ4n) is 2.17. The molecule has 2 heterocycles. The van der Waals surface area contributed by atoms with Crippen LogP contribution in [0.25, 0.3) is 5.82 Å². The highest BCUT2D eigenvalue weighted by Crippen LogP contribution is 2.21. The fourth-order valence-corrected chi connectivity index (χ4v) is 2.17. The van der Waals surface area contributed by atoms with E-state index in [1.54, 1.807) is 0 Å². The third-order valence-corrected chi connectivity index (χ3v) is 3.46. The summed E-state index contributed by atoms with van der Waals surface area (Å²) < 4.78 is 2.05. The summed E-state index contributed by atoms with van der Waals surface area (Å²) >= 11 is 0. The summed E-state index contributed by atoms with van der Waals surface area (Å²) in [6, 6.07) is 0. The molecule has 0 spiro atoms. The van der Waals surface area contributed by atoms with Crippen molar-refractivity contribution >= 4 is 5.82 Å². The second kappa shape index (κ2) is 6.03. The smallest absolute Gasteiger partial charge is 0.146 e. The number of aryl methyl sites for hydroxylation is 2. The van der Waals surface area contributed by atoms with Crippen molar-refractivity contribution in [3.05, 3.63) is 29.1 Å². The number of aromatic nitrogens is 4. The summed E-state index contributed by atoms with van der Waals surface area (Å²) in [7, 11) is 0. The fraction of sp³-hybridized carbons (Fsp3) is 0.533. The van der Waals surface area contributed by atoms with Gasteiger partial charge in [0.2, 0.25) is 0 Å². The van der Waals surface area contributed by atoms with Crippen molar-refractivity contribution in [3.63, 3.8) is 0 Å². The van der Waals surface area contributed by atoms with Crippen LogP contribution >= 0.6 is 0 Å². The predicted octanol–water partition coefficient (Wildman–Crippen LogP) is 2.97. The van der Waals surface area contributed by atoms with Gasteiger partial charge in [-0.2, -0.15) is 0 Å². The third kappa shape index (κ3) is 2.66. The Bertz CT molecular complexity index is 601. The first-order chi connectivity index (χ1) is 9.58. The predicted molar refractivity (Wildman–Crippen MR) is 81.5 cm³/mol. The van der Waals surface area contributed by atoms with Crippen molar-refractivity contribution < 1.29 is 0 Å². The van der Waals surface area contributed by atoms with E-state index in [-0.39, 0.29) is 0 Å². The van der Waals surface area contributed by atoms with E-state index in [1.807, 2.05) is 17.8 Å². The normalized spacial score (nSPS) is 10.8. The van der Waals surface area contributed by atoms with Gasteiger partial charge in [-0.05, 0) is 34.1 Å². The van der Waals surface area contributed by atoms with Crippen LogP contribution in [0.2, 0.25) is 0 Å². The minimum atomic E-state index is 0.852. The molecule has 0 fully saturated rings. The summed E-state index contributed by atoms with van der Waals surface area (Å²) in [6.07, 6.45) is 3.76. The van der Waals surface area contributed by atoms with Gasteiger partial charge in [-0.25, -0.2) is 15.0 Å². The van der Waals surface area contributed by atoms with Gasteiger partial charge in [0.15, 0.2) is 0 Å². The Morgan fingerprint density at radius 3 is 2.45 bits per heavy atom. The first-order valence-electron chi connectivity index (χ1n) is 7.20. The molecule has 5 heteroatoms. The largest absolute Gasteiger partial charge is 0.370 e. The van der Waals surface area contributed by atoms with E-state index in [0.717, 1.165) is 53.8 Å². The third-order valence-electron chi connectivity index (χ3n) is 3.46. The number of hydrogen-bond acceptors (Lipinski definition) is 4. The molecule has 0 saturated heterocycles.